The molecule has 2 aliphatic rings. The van der Waals surface area contributed by atoms with Gasteiger partial charge in [0.25, 0.3) is 0 Å². The molecule has 0 radical (unpaired) electrons. The molecule has 0 bridgehead atoms. The van der Waals surface area contributed by atoms with Gasteiger partial charge in [-0.25, -0.2) is 0 Å². The van der Waals surface area contributed by atoms with Crippen molar-refractivity contribution in [1.29, 1.82) is 0 Å². The standard InChI is InChI=1S/C10H17NO2/c12-10(9-2-4-13-7-9)5-8-1-3-11-6-8/h8-9,11H,1-7H2. The van der Waals surface area contributed by atoms with E-state index >= 15 is 0 Å². The molecule has 0 aromatic heterocycles. The number of rotatable bonds is 3. The van der Waals surface area contributed by atoms with Gasteiger partial charge in [0.2, 0.25) is 0 Å². The molecule has 74 valence electrons. The van der Waals surface area contributed by atoms with Crippen molar-refractivity contribution in [2.24, 2.45) is 11.8 Å². The van der Waals surface area contributed by atoms with E-state index in [-0.39, 0.29) is 5.92 Å². The van der Waals surface area contributed by atoms with Crippen LogP contribution in [0.1, 0.15) is 19.3 Å². The highest BCUT2D eigenvalue weighted by Crippen LogP contribution is 2.20. The molecule has 2 unspecified atom stereocenters. The zero-order valence-electron chi connectivity index (χ0n) is 7.92. The van der Waals surface area contributed by atoms with Crippen LogP contribution < -0.4 is 5.32 Å². The summed E-state index contributed by atoms with van der Waals surface area (Å²) < 4.78 is 5.21. The second-order valence-electron chi connectivity index (χ2n) is 4.09. The molecule has 2 fully saturated rings. The summed E-state index contributed by atoms with van der Waals surface area (Å²) in [5, 5.41) is 3.28. The summed E-state index contributed by atoms with van der Waals surface area (Å²) >= 11 is 0. The van der Waals surface area contributed by atoms with Gasteiger partial charge in [-0.15, -0.1) is 0 Å². The highest BCUT2D eigenvalue weighted by Gasteiger charge is 2.26. The fraction of sp³-hybridized carbons (Fsp3) is 0.900. The van der Waals surface area contributed by atoms with Gasteiger partial charge in [0.1, 0.15) is 5.78 Å². The maximum absolute atomic E-state index is 11.7. The molecule has 0 amide bonds. The van der Waals surface area contributed by atoms with Crippen LogP contribution in [0.25, 0.3) is 0 Å². The van der Waals surface area contributed by atoms with E-state index in [0.29, 0.717) is 18.3 Å². The van der Waals surface area contributed by atoms with Gasteiger partial charge in [-0.3, -0.25) is 4.79 Å². The Kier molecular flexibility index (Phi) is 2.96. The number of carbonyl (C=O) groups excluding carboxylic acids is 1. The minimum Gasteiger partial charge on any atom is -0.381 e. The number of ether oxygens (including phenoxy) is 1. The molecule has 2 rings (SSSR count). The summed E-state index contributed by atoms with van der Waals surface area (Å²) in [5.74, 6) is 1.22. The SMILES string of the molecule is O=C(CC1CCNC1)C1CCOC1. The van der Waals surface area contributed by atoms with Gasteiger partial charge < -0.3 is 10.1 Å². The normalized spacial score (nSPS) is 33.8. The van der Waals surface area contributed by atoms with Crippen molar-refractivity contribution in [1.82, 2.24) is 5.32 Å². The summed E-state index contributed by atoms with van der Waals surface area (Å²) in [6.07, 6.45) is 2.87. The maximum Gasteiger partial charge on any atom is 0.138 e. The van der Waals surface area contributed by atoms with E-state index in [4.69, 9.17) is 4.74 Å². The van der Waals surface area contributed by atoms with E-state index < -0.39 is 0 Å². The quantitative estimate of drug-likeness (QED) is 0.696. The summed E-state index contributed by atoms with van der Waals surface area (Å²) in [7, 11) is 0. The first kappa shape index (κ1) is 9.16. The van der Waals surface area contributed by atoms with E-state index in [2.05, 4.69) is 5.32 Å². The number of hydrogen-bond donors (Lipinski definition) is 1. The molecule has 0 aromatic carbocycles. The largest absolute Gasteiger partial charge is 0.381 e. The number of nitrogens with one attached hydrogen (secondary N) is 1. The van der Waals surface area contributed by atoms with E-state index in [1.165, 1.54) is 6.42 Å². The predicted molar refractivity (Wildman–Crippen MR) is 49.5 cm³/mol. The summed E-state index contributed by atoms with van der Waals surface area (Å²) in [6.45, 7) is 3.55. The van der Waals surface area contributed by atoms with Gasteiger partial charge in [-0.2, -0.15) is 0 Å². The Balaban J connectivity index is 1.76. The van der Waals surface area contributed by atoms with E-state index in [1.807, 2.05) is 0 Å². The molecule has 2 heterocycles. The number of hydrogen-bond acceptors (Lipinski definition) is 3. The molecule has 0 saturated carbocycles. The second kappa shape index (κ2) is 4.20. The van der Waals surface area contributed by atoms with Gasteiger partial charge in [-0.1, -0.05) is 0 Å². The number of ketones is 1. The van der Waals surface area contributed by atoms with Crippen molar-refractivity contribution in [3.05, 3.63) is 0 Å². The Morgan fingerprint density at radius 3 is 3.00 bits per heavy atom. The number of carbonyl (C=O) groups is 1. The smallest absolute Gasteiger partial charge is 0.138 e. The van der Waals surface area contributed by atoms with Crippen LogP contribution in [0.5, 0.6) is 0 Å². The lowest BCUT2D eigenvalue weighted by atomic mass is 9.93. The van der Waals surface area contributed by atoms with Crippen LogP contribution in [0, 0.1) is 11.8 Å². The lowest BCUT2D eigenvalue weighted by molar-refractivity contribution is -0.123. The highest BCUT2D eigenvalue weighted by molar-refractivity contribution is 5.81. The first-order valence-corrected chi connectivity index (χ1v) is 5.17. The molecule has 13 heavy (non-hydrogen) atoms. The average Bonchev–Trinajstić information content (AvgIpc) is 2.74. The molecule has 0 spiro atoms. The van der Waals surface area contributed by atoms with Crippen LogP contribution in [0.3, 0.4) is 0 Å². The first-order valence-electron chi connectivity index (χ1n) is 5.17. The van der Waals surface area contributed by atoms with Gasteiger partial charge in [0, 0.05) is 18.9 Å². The van der Waals surface area contributed by atoms with Crippen LogP contribution in [0.4, 0.5) is 0 Å². The van der Waals surface area contributed by atoms with Crippen LogP contribution in [-0.4, -0.2) is 32.1 Å². The third-order valence-corrected chi connectivity index (χ3v) is 3.04. The lowest BCUT2D eigenvalue weighted by Crippen LogP contribution is -2.19. The molecule has 3 heteroatoms. The third kappa shape index (κ3) is 2.29. The van der Waals surface area contributed by atoms with Crippen molar-refractivity contribution in [2.45, 2.75) is 19.3 Å². The van der Waals surface area contributed by atoms with E-state index in [0.717, 1.165) is 32.5 Å². The molecule has 3 nitrogen and oxygen atoms in total. The predicted octanol–water partition coefficient (Wildman–Crippen LogP) is 0.592. The molecular weight excluding hydrogens is 166 g/mol. The Hall–Kier alpha value is -0.410. The minimum atomic E-state index is 0.209. The summed E-state index contributed by atoms with van der Waals surface area (Å²) in [4.78, 5) is 11.7. The summed E-state index contributed by atoms with van der Waals surface area (Å²) in [5.41, 5.74) is 0. The molecule has 1 N–H and O–H groups in total. The fourth-order valence-corrected chi connectivity index (χ4v) is 2.13. The van der Waals surface area contributed by atoms with Crippen molar-refractivity contribution < 1.29 is 9.53 Å². The Morgan fingerprint density at radius 2 is 2.38 bits per heavy atom. The zero-order chi connectivity index (χ0) is 9.10. The van der Waals surface area contributed by atoms with Gasteiger partial charge in [0.05, 0.1) is 6.61 Å². The first-order chi connectivity index (χ1) is 6.36. The Labute approximate surface area is 78.8 Å². The van der Waals surface area contributed by atoms with Crippen molar-refractivity contribution in [2.75, 3.05) is 26.3 Å². The average molecular weight is 183 g/mol. The van der Waals surface area contributed by atoms with Crippen LogP contribution in [0.15, 0.2) is 0 Å². The highest BCUT2D eigenvalue weighted by atomic mass is 16.5. The molecule has 0 aliphatic carbocycles. The molecular formula is C10H17NO2. The minimum absolute atomic E-state index is 0.209. The monoisotopic (exact) mass is 183 g/mol. The fourth-order valence-electron chi connectivity index (χ4n) is 2.13. The topological polar surface area (TPSA) is 38.3 Å². The van der Waals surface area contributed by atoms with Crippen LogP contribution >= 0.6 is 0 Å². The zero-order valence-corrected chi connectivity index (χ0v) is 7.92. The Morgan fingerprint density at radius 1 is 1.46 bits per heavy atom. The third-order valence-electron chi connectivity index (χ3n) is 3.04. The van der Waals surface area contributed by atoms with Crippen LogP contribution in [-0.2, 0) is 9.53 Å². The van der Waals surface area contributed by atoms with E-state index in [1.54, 1.807) is 0 Å². The van der Waals surface area contributed by atoms with E-state index in [9.17, 15) is 4.79 Å². The van der Waals surface area contributed by atoms with Crippen LogP contribution in [0.2, 0.25) is 0 Å². The van der Waals surface area contributed by atoms with Gasteiger partial charge >= 0.3 is 0 Å². The van der Waals surface area contributed by atoms with Gasteiger partial charge in [0.15, 0.2) is 0 Å². The molecule has 2 aliphatic heterocycles. The van der Waals surface area contributed by atoms with Crippen molar-refractivity contribution in [3.63, 3.8) is 0 Å². The molecule has 2 saturated heterocycles. The summed E-state index contributed by atoms with van der Waals surface area (Å²) in [6, 6.07) is 0. The van der Waals surface area contributed by atoms with Crippen molar-refractivity contribution >= 4 is 5.78 Å². The lowest BCUT2D eigenvalue weighted by Gasteiger charge is -2.10. The van der Waals surface area contributed by atoms with Gasteiger partial charge in [-0.05, 0) is 31.8 Å². The number of Topliss-reactive ketones (excluding diaryl/α,β-unsaturated/α-hetero) is 1. The Bertz CT molecular complexity index is 181. The molecule has 2 atom stereocenters. The van der Waals surface area contributed by atoms with Crippen molar-refractivity contribution in [3.8, 4) is 0 Å². The second-order valence-corrected chi connectivity index (χ2v) is 4.09. The molecule has 0 aromatic rings. The maximum atomic E-state index is 11.7.